The number of aliphatic hydroxyl groups excluding tert-OH is 1. The molecule has 0 saturated heterocycles. The van der Waals surface area contributed by atoms with E-state index in [9.17, 15) is 5.11 Å². The molecule has 0 spiro atoms. The predicted molar refractivity (Wildman–Crippen MR) is 104 cm³/mol. The van der Waals surface area contributed by atoms with Crippen LogP contribution in [0.2, 0.25) is 0 Å². The lowest BCUT2D eigenvalue weighted by Crippen LogP contribution is -2.38. The molecule has 2 heterocycles. The van der Waals surface area contributed by atoms with Crippen LogP contribution in [-0.2, 0) is 13.6 Å². The van der Waals surface area contributed by atoms with Crippen LogP contribution in [0.25, 0.3) is 0 Å². The number of nitrogens with one attached hydrogen (secondary N) is 2. The number of aryl methyl sites for hydroxylation is 1. The van der Waals surface area contributed by atoms with Crippen molar-refractivity contribution in [1.82, 2.24) is 20.4 Å². The monoisotopic (exact) mass is 459 g/mol. The molecule has 0 bridgehead atoms. The fraction of sp³-hybridized carbons (Fsp3) is 0.375. The molecule has 3 N–H and O–H groups in total. The van der Waals surface area contributed by atoms with Crippen molar-refractivity contribution in [1.29, 1.82) is 0 Å². The second-order valence-electron chi connectivity index (χ2n) is 5.46. The van der Waals surface area contributed by atoms with Crippen LogP contribution < -0.4 is 20.1 Å². The molecule has 1 aromatic carbocycles. The average molecular weight is 459 g/mol. The van der Waals surface area contributed by atoms with Crippen molar-refractivity contribution in [2.24, 2.45) is 12.0 Å². The minimum absolute atomic E-state index is 0. The molecule has 25 heavy (non-hydrogen) atoms. The molecule has 0 amide bonds. The van der Waals surface area contributed by atoms with Gasteiger partial charge in [-0.25, -0.2) is 0 Å². The van der Waals surface area contributed by atoms with Crippen molar-refractivity contribution in [3.8, 4) is 11.5 Å². The van der Waals surface area contributed by atoms with Crippen LogP contribution in [0.5, 0.6) is 11.5 Å². The van der Waals surface area contributed by atoms with Gasteiger partial charge < -0.3 is 25.2 Å². The van der Waals surface area contributed by atoms with Gasteiger partial charge in [0.05, 0.1) is 12.3 Å². The zero-order valence-corrected chi connectivity index (χ0v) is 16.4. The molecule has 3 rings (SSSR count). The average Bonchev–Trinajstić information content (AvgIpc) is 3.23. The Labute approximate surface area is 163 Å². The van der Waals surface area contributed by atoms with E-state index < -0.39 is 6.10 Å². The highest BCUT2D eigenvalue weighted by atomic mass is 127. The van der Waals surface area contributed by atoms with Crippen LogP contribution in [0.4, 0.5) is 0 Å². The summed E-state index contributed by atoms with van der Waals surface area (Å²) in [4.78, 5) is 4.15. The molecule has 1 aromatic heterocycles. The van der Waals surface area contributed by atoms with Crippen LogP contribution in [0, 0.1) is 0 Å². The van der Waals surface area contributed by atoms with E-state index in [1.807, 2.05) is 25.2 Å². The first kappa shape index (κ1) is 19.3. The van der Waals surface area contributed by atoms with Crippen molar-refractivity contribution in [2.75, 3.05) is 20.4 Å². The molecule has 2 aromatic rings. The van der Waals surface area contributed by atoms with E-state index in [2.05, 4.69) is 20.7 Å². The number of hydrogen-bond donors (Lipinski definition) is 3. The number of guanidine groups is 1. The van der Waals surface area contributed by atoms with Crippen molar-refractivity contribution < 1.29 is 14.6 Å². The second kappa shape index (κ2) is 8.90. The predicted octanol–water partition coefficient (Wildman–Crippen LogP) is 1.17. The lowest BCUT2D eigenvalue weighted by molar-refractivity contribution is 0.174. The lowest BCUT2D eigenvalue weighted by Gasteiger charge is -2.14. The van der Waals surface area contributed by atoms with Crippen molar-refractivity contribution in [3.05, 3.63) is 41.7 Å². The maximum atomic E-state index is 10.1. The summed E-state index contributed by atoms with van der Waals surface area (Å²) in [5.41, 5.74) is 1.81. The molecule has 1 aliphatic rings. The highest BCUT2D eigenvalue weighted by molar-refractivity contribution is 14.0. The van der Waals surface area contributed by atoms with Gasteiger partial charge in [0.15, 0.2) is 17.5 Å². The van der Waals surface area contributed by atoms with E-state index >= 15 is 0 Å². The second-order valence-corrected chi connectivity index (χ2v) is 5.46. The largest absolute Gasteiger partial charge is 0.454 e. The maximum Gasteiger partial charge on any atom is 0.231 e. The summed E-state index contributed by atoms with van der Waals surface area (Å²) in [5.74, 6) is 2.13. The fourth-order valence-electron chi connectivity index (χ4n) is 2.38. The third-order valence-corrected chi connectivity index (χ3v) is 3.69. The molecule has 0 aliphatic carbocycles. The number of aromatic nitrogens is 2. The van der Waals surface area contributed by atoms with E-state index in [0.29, 0.717) is 19.0 Å². The van der Waals surface area contributed by atoms with Gasteiger partial charge in [-0.15, -0.1) is 24.0 Å². The molecular weight excluding hydrogens is 437 g/mol. The number of nitrogens with zero attached hydrogens (tertiary/aromatic N) is 3. The van der Waals surface area contributed by atoms with Gasteiger partial charge in [-0.1, -0.05) is 6.07 Å². The zero-order valence-electron chi connectivity index (χ0n) is 14.1. The Morgan fingerprint density at radius 3 is 2.88 bits per heavy atom. The third-order valence-electron chi connectivity index (χ3n) is 3.69. The highest BCUT2D eigenvalue weighted by Gasteiger charge is 2.13. The van der Waals surface area contributed by atoms with Gasteiger partial charge in [-0.2, -0.15) is 5.10 Å². The molecule has 1 unspecified atom stereocenters. The normalized spacial score (nSPS) is 14.0. The Morgan fingerprint density at radius 1 is 1.36 bits per heavy atom. The maximum absolute atomic E-state index is 10.1. The minimum Gasteiger partial charge on any atom is -0.454 e. The first-order chi connectivity index (χ1) is 11.7. The van der Waals surface area contributed by atoms with Crippen LogP contribution in [0.1, 0.15) is 17.2 Å². The molecule has 0 saturated carbocycles. The summed E-state index contributed by atoms with van der Waals surface area (Å²) in [6.07, 6.45) is 2.78. The zero-order chi connectivity index (χ0) is 16.9. The quantitative estimate of drug-likeness (QED) is 0.353. The van der Waals surface area contributed by atoms with E-state index in [1.54, 1.807) is 24.1 Å². The van der Waals surface area contributed by atoms with Gasteiger partial charge in [0.2, 0.25) is 6.79 Å². The van der Waals surface area contributed by atoms with Crippen molar-refractivity contribution >= 4 is 29.9 Å². The van der Waals surface area contributed by atoms with Crippen LogP contribution >= 0.6 is 24.0 Å². The molecule has 1 aliphatic heterocycles. The van der Waals surface area contributed by atoms with Crippen molar-refractivity contribution in [3.63, 3.8) is 0 Å². The number of fused-ring (bicyclic) bond motifs is 1. The smallest absolute Gasteiger partial charge is 0.231 e. The van der Waals surface area contributed by atoms with E-state index in [4.69, 9.17) is 9.47 Å². The summed E-state index contributed by atoms with van der Waals surface area (Å²) in [5, 5.41) is 20.5. The standard InChI is InChI=1S/C16H21N5O3.HI/c1-17-16(19-8-13(22)12-7-20-21(2)9-12)18-6-11-3-4-14-15(5-11)24-10-23-14;/h3-5,7,9,13,22H,6,8,10H2,1-2H3,(H2,17,18,19);1H. The Morgan fingerprint density at radius 2 is 2.16 bits per heavy atom. The fourth-order valence-corrected chi connectivity index (χ4v) is 2.38. The Kier molecular flexibility index (Phi) is 6.88. The van der Waals surface area contributed by atoms with Gasteiger partial charge >= 0.3 is 0 Å². The first-order valence-electron chi connectivity index (χ1n) is 7.65. The number of ether oxygens (including phenoxy) is 2. The summed E-state index contributed by atoms with van der Waals surface area (Å²) >= 11 is 0. The third kappa shape index (κ3) is 4.98. The lowest BCUT2D eigenvalue weighted by atomic mass is 10.2. The molecule has 0 radical (unpaired) electrons. The molecule has 136 valence electrons. The van der Waals surface area contributed by atoms with E-state index in [1.165, 1.54) is 0 Å². The van der Waals surface area contributed by atoms with Crippen LogP contribution in [0.15, 0.2) is 35.6 Å². The number of aliphatic imine (C=N–C) groups is 1. The first-order valence-corrected chi connectivity index (χ1v) is 7.65. The van der Waals surface area contributed by atoms with Crippen LogP contribution in [-0.4, -0.2) is 41.2 Å². The van der Waals surface area contributed by atoms with Crippen LogP contribution in [0.3, 0.4) is 0 Å². The number of benzene rings is 1. The number of hydrogen-bond acceptors (Lipinski definition) is 5. The Hall–Kier alpha value is -2.01. The topological polar surface area (TPSA) is 92.9 Å². The molecule has 8 nitrogen and oxygen atoms in total. The number of rotatable bonds is 5. The Balaban J connectivity index is 0.00000225. The molecule has 9 heteroatoms. The summed E-state index contributed by atoms with van der Waals surface area (Å²) in [7, 11) is 3.50. The van der Waals surface area contributed by atoms with Gasteiger partial charge in [0.1, 0.15) is 0 Å². The van der Waals surface area contributed by atoms with E-state index in [0.717, 1.165) is 22.6 Å². The summed E-state index contributed by atoms with van der Waals surface area (Å²) in [6.45, 7) is 1.19. The number of aliphatic hydroxyl groups is 1. The Bertz CT molecular complexity index is 734. The summed E-state index contributed by atoms with van der Waals surface area (Å²) in [6, 6.07) is 5.80. The molecule has 0 fully saturated rings. The van der Waals surface area contributed by atoms with Gasteiger partial charge in [-0.3, -0.25) is 9.67 Å². The number of halogens is 1. The van der Waals surface area contributed by atoms with Crippen molar-refractivity contribution in [2.45, 2.75) is 12.6 Å². The van der Waals surface area contributed by atoms with Gasteiger partial charge in [-0.05, 0) is 17.7 Å². The molecular formula is C16H22IN5O3. The SMILES string of the molecule is CN=C(NCc1ccc2c(c1)OCO2)NCC(O)c1cnn(C)c1.I. The van der Waals surface area contributed by atoms with Gasteiger partial charge in [0, 0.05) is 38.9 Å². The van der Waals surface area contributed by atoms with Gasteiger partial charge in [0.25, 0.3) is 0 Å². The minimum atomic E-state index is -0.650. The highest BCUT2D eigenvalue weighted by Crippen LogP contribution is 2.32. The summed E-state index contributed by atoms with van der Waals surface area (Å²) < 4.78 is 12.3. The molecule has 1 atom stereocenters. The van der Waals surface area contributed by atoms with E-state index in [-0.39, 0.29) is 30.8 Å².